The number of nitrogens with zero attached hydrogens (tertiary/aromatic N) is 1. The van der Waals surface area contributed by atoms with Crippen LogP contribution >= 0.6 is 0 Å². The zero-order chi connectivity index (χ0) is 16.1. The average Bonchev–Trinajstić information content (AvgIpc) is 2.55. The molecule has 2 N–H and O–H groups in total. The number of aliphatic hydroxyl groups is 1. The lowest BCUT2D eigenvalue weighted by atomic mass is 9.86. The van der Waals surface area contributed by atoms with Gasteiger partial charge in [0, 0.05) is 32.2 Å². The summed E-state index contributed by atoms with van der Waals surface area (Å²) in [7, 11) is 0. The second-order valence-electron chi connectivity index (χ2n) is 6.95. The minimum Gasteiger partial charge on any atom is -0.396 e. The fourth-order valence-electron chi connectivity index (χ4n) is 3.17. The molecule has 2 aliphatic rings. The smallest absolute Gasteiger partial charge is 0.0852 e. The number of aliphatic hydroxyl groups excluding tert-OH is 1. The number of hydrogen-bond acceptors (Lipinski definition) is 5. The molecule has 1 aromatic rings. The third-order valence-corrected chi connectivity index (χ3v) is 4.94. The first kappa shape index (κ1) is 16.9. The van der Waals surface area contributed by atoms with E-state index in [0.717, 1.165) is 32.8 Å². The maximum Gasteiger partial charge on any atom is 0.0852 e. The van der Waals surface area contributed by atoms with Crippen LogP contribution < -0.4 is 5.32 Å². The summed E-state index contributed by atoms with van der Waals surface area (Å²) < 4.78 is 11.2. The lowest BCUT2D eigenvalue weighted by molar-refractivity contribution is -0.137. The normalized spacial score (nSPS) is 25.7. The van der Waals surface area contributed by atoms with Crippen molar-refractivity contribution in [1.82, 2.24) is 10.2 Å². The molecule has 2 heterocycles. The van der Waals surface area contributed by atoms with Gasteiger partial charge >= 0.3 is 0 Å². The van der Waals surface area contributed by atoms with Gasteiger partial charge < -0.3 is 19.9 Å². The van der Waals surface area contributed by atoms with Crippen molar-refractivity contribution in [2.24, 2.45) is 5.41 Å². The van der Waals surface area contributed by atoms with Crippen LogP contribution in [0.2, 0.25) is 0 Å². The summed E-state index contributed by atoms with van der Waals surface area (Å²) in [5, 5.41) is 13.0. The van der Waals surface area contributed by atoms with Crippen molar-refractivity contribution < 1.29 is 14.6 Å². The number of nitrogens with one attached hydrogen (secondary N) is 1. The van der Waals surface area contributed by atoms with Crippen molar-refractivity contribution >= 4 is 0 Å². The highest BCUT2D eigenvalue weighted by molar-refractivity contribution is 5.14. The Morgan fingerprint density at radius 1 is 1.35 bits per heavy atom. The topological polar surface area (TPSA) is 54.0 Å². The highest BCUT2D eigenvalue weighted by atomic mass is 16.5. The summed E-state index contributed by atoms with van der Waals surface area (Å²) in [4.78, 5) is 2.45. The molecule has 0 amide bonds. The maximum absolute atomic E-state index is 9.51. The van der Waals surface area contributed by atoms with E-state index < -0.39 is 0 Å². The minimum atomic E-state index is -0.0906. The van der Waals surface area contributed by atoms with Crippen molar-refractivity contribution in [1.29, 1.82) is 0 Å². The second kappa shape index (κ2) is 7.73. The van der Waals surface area contributed by atoms with E-state index in [4.69, 9.17) is 9.47 Å². The van der Waals surface area contributed by atoms with Gasteiger partial charge in [-0.2, -0.15) is 0 Å². The van der Waals surface area contributed by atoms with E-state index in [-0.39, 0.29) is 24.2 Å². The van der Waals surface area contributed by atoms with E-state index in [1.54, 1.807) is 0 Å². The summed E-state index contributed by atoms with van der Waals surface area (Å²) in [5.74, 6) is 0. The van der Waals surface area contributed by atoms with E-state index in [1.807, 2.05) is 0 Å². The molecule has 0 aliphatic carbocycles. The number of morpholine rings is 1. The molecule has 2 saturated heterocycles. The number of benzene rings is 1. The SMILES string of the molecule is CC(NCC1(CO)COC1)C1CN(Cc2ccccc2)CCO1. The summed E-state index contributed by atoms with van der Waals surface area (Å²) in [6, 6.07) is 10.8. The number of hydrogen-bond donors (Lipinski definition) is 2. The molecule has 3 rings (SSSR count). The Morgan fingerprint density at radius 2 is 2.13 bits per heavy atom. The Hall–Kier alpha value is -0.980. The Balaban J connectivity index is 1.47. The molecule has 2 unspecified atom stereocenters. The van der Waals surface area contributed by atoms with Gasteiger partial charge in [0.1, 0.15) is 0 Å². The minimum absolute atomic E-state index is 0.0906. The number of rotatable bonds is 7. The van der Waals surface area contributed by atoms with Crippen molar-refractivity contribution in [2.75, 3.05) is 46.1 Å². The molecule has 2 fully saturated rings. The summed E-state index contributed by atoms with van der Waals surface area (Å²) in [6.45, 7) is 8.09. The van der Waals surface area contributed by atoms with E-state index in [2.05, 4.69) is 47.5 Å². The van der Waals surface area contributed by atoms with Crippen LogP contribution in [0.5, 0.6) is 0 Å². The van der Waals surface area contributed by atoms with Crippen molar-refractivity contribution in [3.05, 3.63) is 35.9 Å². The molecule has 5 nitrogen and oxygen atoms in total. The van der Waals surface area contributed by atoms with Crippen molar-refractivity contribution in [3.63, 3.8) is 0 Å². The molecule has 23 heavy (non-hydrogen) atoms. The quantitative estimate of drug-likeness (QED) is 0.781. The zero-order valence-electron chi connectivity index (χ0n) is 13.9. The van der Waals surface area contributed by atoms with Gasteiger partial charge in [0.05, 0.1) is 37.9 Å². The first-order valence-corrected chi connectivity index (χ1v) is 8.51. The Bertz CT molecular complexity index is 473. The van der Waals surface area contributed by atoms with Crippen LogP contribution in [-0.4, -0.2) is 68.2 Å². The molecular weight excluding hydrogens is 292 g/mol. The van der Waals surface area contributed by atoms with Crippen LogP contribution in [0.3, 0.4) is 0 Å². The van der Waals surface area contributed by atoms with Crippen molar-refractivity contribution in [3.8, 4) is 0 Å². The largest absolute Gasteiger partial charge is 0.396 e. The fraction of sp³-hybridized carbons (Fsp3) is 0.667. The molecule has 128 valence electrons. The molecule has 0 saturated carbocycles. The molecule has 2 aliphatic heterocycles. The van der Waals surface area contributed by atoms with Crippen LogP contribution in [0, 0.1) is 5.41 Å². The van der Waals surface area contributed by atoms with E-state index in [9.17, 15) is 5.11 Å². The van der Waals surface area contributed by atoms with E-state index in [0.29, 0.717) is 13.2 Å². The van der Waals surface area contributed by atoms with Gasteiger partial charge in [0.25, 0.3) is 0 Å². The predicted octanol–water partition coefficient (Wildman–Crippen LogP) is 0.874. The van der Waals surface area contributed by atoms with Crippen LogP contribution in [-0.2, 0) is 16.0 Å². The Labute approximate surface area is 138 Å². The summed E-state index contributed by atoms with van der Waals surface area (Å²) >= 11 is 0. The molecule has 5 heteroatoms. The van der Waals surface area contributed by atoms with Gasteiger partial charge in [-0.1, -0.05) is 30.3 Å². The molecule has 1 aromatic carbocycles. The third-order valence-electron chi connectivity index (χ3n) is 4.94. The van der Waals surface area contributed by atoms with Gasteiger partial charge in [0.15, 0.2) is 0 Å². The Kier molecular flexibility index (Phi) is 5.67. The second-order valence-corrected chi connectivity index (χ2v) is 6.95. The Morgan fingerprint density at radius 3 is 2.78 bits per heavy atom. The first-order chi connectivity index (χ1) is 11.2. The monoisotopic (exact) mass is 320 g/mol. The van der Waals surface area contributed by atoms with Gasteiger partial charge in [-0.05, 0) is 12.5 Å². The van der Waals surface area contributed by atoms with Crippen LogP contribution in [0.25, 0.3) is 0 Å². The van der Waals surface area contributed by atoms with Gasteiger partial charge in [-0.15, -0.1) is 0 Å². The highest BCUT2D eigenvalue weighted by Gasteiger charge is 2.38. The van der Waals surface area contributed by atoms with Gasteiger partial charge in [-0.25, -0.2) is 0 Å². The molecule has 0 bridgehead atoms. The molecule has 2 atom stereocenters. The molecular formula is C18H28N2O3. The molecule has 0 radical (unpaired) electrons. The van der Waals surface area contributed by atoms with E-state index in [1.165, 1.54) is 5.56 Å². The summed E-state index contributed by atoms with van der Waals surface area (Å²) in [6.07, 6.45) is 0.184. The first-order valence-electron chi connectivity index (χ1n) is 8.51. The average molecular weight is 320 g/mol. The fourth-order valence-corrected chi connectivity index (χ4v) is 3.17. The summed E-state index contributed by atoms with van der Waals surface area (Å²) in [5.41, 5.74) is 1.26. The molecule has 0 spiro atoms. The lowest BCUT2D eigenvalue weighted by Gasteiger charge is -2.42. The van der Waals surface area contributed by atoms with Crippen LogP contribution in [0.4, 0.5) is 0 Å². The van der Waals surface area contributed by atoms with Crippen LogP contribution in [0.15, 0.2) is 30.3 Å². The van der Waals surface area contributed by atoms with Gasteiger partial charge in [-0.3, -0.25) is 4.90 Å². The van der Waals surface area contributed by atoms with Crippen molar-refractivity contribution in [2.45, 2.75) is 25.6 Å². The van der Waals surface area contributed by atoms with Crippen LogP contribution in [0.1, 0.15) is 12.5 Å². The maximum atomic E-state index is 9.51. The standard InChI is InChI=1S/C18H28N2O3/c1-15(19-11-18(12-21)13-22-14-18)17-10-20(7-8-23-17)9-16-5-3-2-4-6-16/h2-6,15,17,19,21H,7-14H2,1H3. The number of ether oxygens (including phenoxy) is 2. The van der Waals surface area contributed by atoms with E-state index >= 15 is 0 Å². The molecule has 0 aromatic heterocycles. The third kappa shape index (κ3) is 4.31. The zero-order valence-corrected chi connectivity index (χ0v) is 13.9. The lowest BCUT2D eigenvalue weighted by Crippen LogP contribution is -2.57. The highest BCUT2D eigenvalue weighted by Crippen LogP contribution is 2.26. The predicted molar refractivity (Wildman–Crippen MR) is 89.3 cm³/mol. The van der Waals surface area contributed by atoms with Gasteiger partial charge in [0.2, 0.25) is 0 Å².